The van der Waals surface area contributed by atoms with Crippen LogP contribution >= 0.6 is 0 Å². The average Bonchev–Trinajstić information content (AvgIpc) is 2.44. The molecule has 2 aromatic rings. The Bertz CT molecular complexity index is 601. The zero-order valence-electron chi connectivity index (χ0n) is 13.1. The number of rotatable bonds is 2. The molecule has 0 saturated heterocycles. The van der Waals surface area contributed by atoms with Crippen molar-refractivity contribution in [3.05, 3.63) is 47.0 Å². The van der Waals surface area contributed by atoms with Gasteiger partial charge in [-0.05, 0) is 66.8 Å². The van der Waals surface area contributed by atoms with Crippen molar-refractivity contribution in [2.75, 3.05) is 0 Å². The summed E-state index contributed by atoms with van der Waals surface area (Å²) in [4.78, 5) is 0. The van der Waals surface area contributed by atoms with Gasteiger partial charge in [-0.15, -0.1) is 0 Å². The Morgan fingerprint density at radius 1 is 0.900 bits per heavy atom. The fraction of sp³-hybridized carbons (Fsp3) is 0.500. The molecule has 3 rings (SSSR count). The molecule has 1 fully saturated rings. The van der Waals surface area contributed by atoms with Crippen molar-refractivity contribution in [2.45, 2.75) is 52.9 Å². The molecule has 0 bridgehead atoms. The van der Waals surface area contributed by atoms with Crippen LogP contribution in [0.25, 0.3) is 10.8 Å². The quantitative estimate of drug-likeness (QED) is 0.642. The van der Waals surface area contributed by atoms with Gasteiger partial charge in [-0.25, -0.2) is 0 Å². The number of benzene rings is 2. The number of hydrogen-bond acceptors (Lipinski definition) is 0. The second-order valence-corrected chi connectivity index (χ2v) is 6.92. The van der Waals surface area contributed by atoms with Crippen LogP contribution < -0.4 is 0 Å². The van der Waals surface area contributed by atoms with Gasteiger partial charge in [0.2, 0.25) is 0 Å². The van der Waals surface area contributed by atoms with Crippen LogP contribution in [0.15, 0.2) is 30.3 Å². The van der Waals surface area contributed by atoms with E-state index in [4.69, 9.17) is 0 Å². The highest BCUT2D eigenvalue weighted by molar-refractivity contribution is 5.89. The van der Waals surface area contributed by atoms with Crippen molar-refractivity contribution >= 4 is 10.8 Å². The zero-order valence-corrected chi connectivity index (χ0v) is 13.1. The third-order valence-electron chi connectivity index (χ3n) is 5.12. The molecule has 0 atom stereocenters. The van der Waals surface area contributed by atoms with Gasteiger partial charge in [0.25, 0.3) is 0 Å². The summed E-state index contributed by atoms with van der Waals surface area (Å²) in [6.07, 6.45) is 6.96. The van der Waals surface area contributed by atoms with Crippen LogP contribution in [0.4, 0.5) is 0 Å². The lowest BCUT2D eigenvalue weighted by molar-refractivity contribution is 0.289. The summed E-state index contributed by atoms with van der Waals surface area (Å²) >= 11 is 0. The molecule has 0 radical (unpaired) electrons. The first-order valence-corrected chi connectivity index (χ1v) is 8.12. The van der Waals surface area contributed by atoms with Gasteiger partial charge in [0.15, 0.2) is 0 Å². The van der Waals surface area contributed by atoms with E-state index in [0.29, 0.717) is 0 Å². The maximum Gasteiger partial charge on any atom is -0.0147 e. The van der Waals surface area contributed by atoms with Gasteiger partial charge in [0.1, 0.15) is 0 Å². The molecule has 0 heterocycles. The molecule has 2 aromatic carbocycles. The van der Waals surface area contributed by atoms with E-state index in [0.717, 1.165) is 11.8 Å². The summed E-state index contributed by atoms with van der Waals surface area (Å²) in [7, 11) is 0. The van der Waals surface area contributed by atoms with Crippen LogP contribution in [0.1, 0.15) is 49.3 Å². The van der Waals surface area contributed by atoms with Gasteiger partial charge < -0.3 is 0 Å². The predicted octanol–water partition coefficient (Wildman–Crippen LogP) is 5.83. The van der Waals surface area contributed by atoms with Crippen molar-refractivity contribution in [2.24, 2.45) is 11.8 Å². The Kier molecular flexibility index (Phi) is 3.83. The van der Waals surface area contributed by atoms with Crippen LogP contribution in [0.3, 0.4) is 0 Å². The standard InChI is InChI=1S/C20H26/c1-14-4-8-17(9-5-14)13-18-10-7-16(3)19-11-6-15(2)12-20(18)19/h6-7,10-12,14,17H,4-5,8-9,13H2,1-3H3. The van der Waals surface area contributed by atoms with E-state index in [9.17, 15) is 0 Å². The molecule has 106 valence electrons. The Hall–Kier alpha value is -1.30. The van der Waals surface area contributed by atoms with Gasteiger partial charge in [-0.2, -0.15) is 0 Å². The van der Waals surface area contributed by atoms with Crippen molar-refractivity contribution in [1.29, 1.82) is 0 Å². The van der Waals surface area contributed by atoms with Gasteiger partial charge in [-0.1, -0.05) is 55.7 Å². The molecule has 20 heavy (non-hydrogen) atoms. The smallest absolute Gasteiger partial charge is 0.0147 e. The minimum atomic E-state index is 0.901. The Morgan fingerprint density at radius 3 is 2.40 bits per heavy atom. The summed E-state index contributed by atoms with van der Waals surface area (Å²) in [6, 6.07) is 11.6. The van der Waals surface area contributed by atoms with Crippen LogP contribution in [-0.2, 0) is 6.42 Å². The summed E-state index contributed by atoms with van der Waals surface area (Å²) in [5.41, 5.74) is 4.34. The van der Waals surface area contributed by atoms with Gasteiger partial charge in [-0.3, -0.25) is 0 Å². The fourth-order valence-electron chi connectivity index (χ4n) is 3.70. The predicted molar refractivity (Wildman–Crippen MR) is 88.2 cm³/mol. The SMILES string of the molecule is Cc1ccc2c(C)ccc(CC3CCC(C)CC3)c2c1. The number of aryl methyl sites for hydroxylation is 2. The van der Waals surface area contributed by atoms with Crippen LogP contribution in [0.2, 0.25) is 0 Å². The Labute approximate surface area is 123 Å². The Morgan fingerprint density at radius 2 is 1.65 bits per heavy atom. The molecule has 1 saturated carbocycles. The van der Waals surface area contributed by atoms with Crippen LogP contribution in [-0.4, -0.2) is 0 Å². The highest BCUT2D eigenvalue weighted by atomic mass is 14.2. The van der Waals surface area contributed by atoms with E-state index < -0.39 is 0 Å². The lowest BCUT2D eigenvalue weighted by atomic mass is 9.79. The second-order valence-electron chi connectivity index (χ2n) is 6.92. The topological polar surface area (TPSA) is 0 Å². The lowest BCUT2D eigenvalue weighted by Crippen LogP contribution is -2.14. The minimum Gasteiger partial charge on any atom is -0.0625 e. The first kappa shape index (κ1) is 13.7. The van der Waals surface area contributed by atoms with Crippen molar-refractivity contribution in [3.8, 4) is 0 Å². The van der Waals surface area contributed by atoms with Crippen LogP contribution in [0, 0.1) is 25.7 Å². The zero-order chi connectivity index (χ0) is 14.1. The third-order valence-corrected chi connectivity index (χ3v) is 5.12. The van der Waals surface area contributed by atoms with E-state index >= 15 is 0 Å². The monoisotopic (exact) mass is 266 g/mol. The fourth-order valence-corrected chi connectivity index (χ4v) is 3.70. The highest BCUT2D eigenvalue weighted by Crippen LogP contribution is 2.33. The molecule has 0 nitrogen and oxygen atoms in total. The van der Waals surface area contributed by atoms with Crippen molar-refractivity contribution < 1.29 is 0 Å². The van der Waals surface area contributed by atoms with E-state index in [1.165, 1.54) is 54.0 Å². The largest absolute Gasteiger partial charge is 0.0625 e. The lowest BCUT2D eigenvalue weighted by Gasteiger charge is -2.26. The van der Waals surface area contributed by atoms with Gasteiger partial charge in [0.05, 0.1) is 0 Å². The summed E-state index contributed by atoms with van der Waals surface area (Å²) in [5.74, 6) is 1.85. The maximum atomic E-state index is 2.40. The first-order chi connectivity index (χ1) is 9.63. The third kappa shape index (κ3) is 2.75. The van der Waals surface area contributed by atoms with E-state index in [-0.39, 0.29) is 0 Å². The molecular weight excluding hydrogens is 240 g/mol. The van der Waals surface area contributed by atoms with E-state index in [2.05, 4.69) is 51.1 Å². The van der Waals surface area contributed by atoms with Crippen LogP contribution in [0.5, 0.6) is 0 Å². The molecule has 0 aromatic heterocycles. The summed E-state index contributed by atoms with van der Waals surface area (Å²) < 4.78 is 0. The van der Waals surface area contributed by atoms with Crippen molar-refractivity contribution in [3.63, 3.8) is 0 Å². The number of hydrogen-bond donors (Lipinski definition) is 0. The number of fused-ring (bicyclic) bond motifs is 1. The molecule has 0 heteroatoms. The van der Waals surface area contributed by atoms with E-state index in [1.54, 1.807) is 5.56 Å². The summed E-state index contributed by atoms with van der Waals surface area (Å²) in [6.45, 7) is 6.83. The molecule has 1 aliphatic carbocycles. The highest BCUT2D eigenvalue weighted by Gasteiger charge is 2.19. The molecule has 0 amide bonds. The Balaban J connectivity index is 1.91. The molecule has 0 N–H and O–H groups in total. The molecule has 0 spiro atoms. The maximum absolute atomic E-state index is 2.40. The minimum absolute atomic E-state index is 0.901. The van der Waals surface area contributed by atoms with E-state index in [1.807, 2.05) is 0 Å². The first-order valence-electron chi connectivity index (χ1n) is 8.12. The average molecular weight is 266 g/mol. The molecule has 1 aliphatic rings. The van der Waals surface area contributed by atoms with Crippen molar-refractivity contribution in [1.82, 2.24) is 0 Å². The second kappa shape index (κ2) is 5.60. The summed E-state index contributed by atoms with van der Waals surface area (Å²) in [5, 5.41) is 2.93. The normalized spacial score (nSPS) is 23.1. The molecule has 0 unspecified atom stereocenters. The molecule has 0 aliphatic heterocycles. The van der Waals surface area contributed by atoms with Gasteiger partial charge in [0, 0.05) is 0 Å². The molecular formula is C20H26. The van der Waals surface area contributed by atoms with Gasteiger partial charge >= 0.3 is 0 Å².